The Bertz CT molecular complexity index is 1310. The number of alkyl halides is 3. The van der Waals surface area contributed by atoms with E-state index in [9.17, 15) is 27.2 Å². The molecule has 12 heteroatoms. The van der Waals surface area contributed by atoms with E-state index in [0.717, 1.165) is 17.5 Å². The summed E-state index contributed by atoms with van der Waals surface area (Å²) in [5.74, 6) is -3.34. The number of likely N-dealkylation sites (tertiary alicyclic amines) is 1. The molecule has 1 saturated heterocycles. The van der Waals surface area contributed by atoms with Crippen LogP contribution in [0.4, 0.5) is 17.6 Å². The van der Waals surface area contributed by atoms with Crippen LogP contribution < -0.4 is 5.56 Å². The lowest BCUT2D eigenvalue weighted by atomic mass is 10.00. The second kappa shape index (κ2) is 11.8. The molecule has 4 rings (SSSR count). The van der Waals surface area contributed by atoms with Gasteiger partial charge in [-0.1, -0.05) is 13.0 Å². The minimum Gasteiger partial charge on any atom is -0.475 e. The lowest BCUT2D eigenvalue weighted by Gasteiger charge is -2.18. The Labute approximate surface area is 209 Å². The van der Waals surface area contributed by atoms with Gasteiger partial charge in [-0.15, -0.1) is 0 Å². The predicted octanol–water partition coefficient (Wildman–Crippen LogP) is 3.72. The summed E-state index contributed by atoms with van der Waals surface area (Å²) in [6.07, 6.45) is 0.267. The molecule has 1 aliphatic rings. The largest absolute Gasteiger partial charge is 0.490 e. The second-order valence-electron chi connectivity index (χ2n) is 8.38. The monoisotopic (exact) mass is 520 g/mol. The summed E-state index contributed by atoms with van der Waals surface area (Å²) in [4.78, 5) is 39.3. The number of hydrogen-bond acceptors (Lipinski definition) is 5. The zero-order valence-corrected chi connectivity index (χ0v) is 19.8. The summed E-state index contributed by atoms with van der Waals surface area (Å²) in [5, 5.41) is 13.7. The summed E-state index contributed by atoms with van der Waals surface area (Å²) >= 11 is 0. The normalized spacial score (nSPS) is 15.2. The van der Waals surface area contributed by atoms with Crippen LogP contribution in [0, 0.1) is 5.82 Å². The second-order valence-corrected chi connectivity index (χ2v) is 8.38. The van der Waals surface area contributed by atoms with E-state index >= 15 is 0 Å². The van der Waals surface area contributed by atoms with Gasteiger partial charge < -0.3 is 10.0 Å². The highest BCUT2D eigenvalue weighted by atomic mass is 19.4. The SMILES string of the molecule is CCc1cc(Cc2ccc(F)c(C(=O)N3CCC(c4ccncc4)C3)c2)n[nH]c1=O.O=C(O)C(F)(F)F. The summed E-state index contributed by atoms with van der Waals surface area (Å²) in [6, 6.07) is 10.2. The van der Waals surface area contributed by atoms with E-state index < -0.39 is 18.0 Å². The molecule has 1 aliphatic heterocycles. The van der Waals surface area contributed by atoms with Gasteiger partial charge in [0.15, 0.2) is 0 Å². The van der Waals surface area contributed by atoms with Crippen molar-refractivity contribution in [2.45, 2.75) is 38.3 Å². The van der Waals surface area contributed by atoms with Gasteiger partial charge in [-0.2, -0.15) is 18.3 Å². The quantitative estimate of drug-likeness (QED) is 0.496. The molecule has 8 nitrogen and oxygen atoms in total. The third kappa shape index (κ3) is 7.21. The van der Waals surface area contributed by atoms with E-state index in [1.807, 2.05) is 19.1 Å². The molecular formula is C25H24F4N4O4. The fourth-order valence-corrected chi connectivity index (χ4v) is 3.92. The molecule has 0 aliphatic carbocycles. The molecule has 0 bridgehead atoms. The average Bonchev–Trinajstić information content (AvgIpc) is 3.37. The highest BCUT2D eigenvalue weighted by Crippen LogP contribution is 2.28. The van der Waals surface area contributed by atoms with Gasteiger partial charge in [-0.05, 0) is 54.3 Å². The Hall–Kier alpha value is -4.09. The van der Waals surface area contributed by atoms with Crippen molar-refractivity contribution in [2.75, 3.05) is 13.1 Å². The first-order valence-corrected chi connectivity index (χ1v) is 11.3. The molecule has 3 heterocycles. The number of nitrogens with one attached hydrogen (secondary N) is 1. The van der Waals surface area contributed by atoms with Crippen molar-refractivity contribution in [3.63, 3.8) is 0 Å². The number of carbonyl (C=O) groups excluding carboxylic acids is 1. The summed E-state index contributed by atoms with van der Waals surface area (Å²) in [6.45, 7) is 3.06. The number of nitrogens with zero attached hydrogens (tertiary/aromatic N) is 3. The fourth-order valence-electron chi connectivity index (χ4n) is 3.92. The number of rotatable bonds is 5. The maximum Gasteiger partial charge on any atom is 0.490 e. The number of H-pyrrole nitrogens is 1. The number of hydrogen-bond donors (Lipinski definition) is 2. The molecule has 1 atom stereocenters. The van der Waals surface area contributed by atoms with Crippen molar-refractivity contribution in [1.82, 2.24) is 20.1 Å². The van der Waals surface area contributed by atoms with E-state index in [2.05, 4.69) is 15.2 Å². The molecule has 196 valence electrons. The van der Waals surface area contributed by atoms with E-state index in [4.69, 9.17) is 9.90 Å². The summed E-state index contributed by atoms with van der Waals surface area (Å²) in [7, 11) is 0. The first-order valence-electron chi connectivity index (χ1n) is 11.3. The van der Waals surface area contributed by atoms with Crippen LogP contribution in [0.15, 0.2) is 53.6 Å². The Kier molecular flexibility index (Phi) is 8.74. The van der Waals surface area contributed by atoms with Crippen LogP contribution in [0.25, 0.3) is 0 Å². The van der Waals surface area contributed by atoms with Crippen molar-refractivity contribution in [3.05, 3.63) is 92.9 Å². The molecule has 3 aromatic rings. The Morgan fingerprint density at radius 1 is 1.16 bits per heavy atom. The van der Waals surface area contributed by atoms with Crippen molar-refractivity contribution in [2.24, 2.45) is 0 Å². The molecule has 2 aromatic heterocycles. The number of carboxylic acids is 1. The lowest BCUT2D eigenvalue weighted by Crippen LogP contribution is -2.29. The molecule has 2 N–H and O–H groups in total. The molecule has 1 fully saturated rings. The van der Waals surface area contributed by atoms with Gasteiger partial charge >= 0.3 is 12.1 Å². The van der Waals surface area contributed by atoms with Crippen LogP contribution in [-0.2, 0) is 17.6 Å². The average molecular weight is 520 g/mol. The number of benzene rings is 1. The number of carboxylic acid groups (broad SMARTS) is 1. The number of pyridine rings is 1. The number of carbonyl (C=O) groups is 2. The lowest BCUT2D eigenvalue weighted by molar-refractivity contribution is -0.192. The maximum atomic E-state index is 14.5. The molecule has 37 heavy (non-hydrogen) atoms. The van der Waals surface area contributed by atoms with Gasteiger partial charge in [0.05, 0.1) is 11.3 Å². The first kappa shape index (κ1) is 27.5. The third-order valence-electron chi connectivity index (χ3n) is 5.86. The van der Waals surface area contributed by atoms with Crippen LogP contribution >= 0.6 is 0 Å². The molecule has 0 radical (unpaired) electrons. The highest BCUT2D eigenvalue weighted by Gasteiger charge is 2.38. The van der Waals surface area contributed by atoms with E-state index in [1.165, 1.54) is 6.07 Å². The van der Waals surface area contributed by atoms with Crippen LogP contribution in [0.1, 0.15) is 52.0 Å². The van der Waals surface area contributed by atoms with Crippen molar-refractivity contribution in [3.8, 4) is 0 Å². The molecule has 1 unspecified atom stereocenters. The van der Waals surface area contributed by atoms with E-state index in [1.54, 1.807) is 35.5 Å². The number of aryl methyl sites for hydroxylation is 1. The smallest absolute Gasteiger partial charge is 0.475 e. The van der Waals surface area contributed by atoms with Crippen LogP contribution in [-0.4, -0.2) is 56.3 Å². The zero-order valence-electron chi connectivity index (χ0n) is 19.8. The number of aromatic nitrogens is 3. The number of aliphatic carboxylic acids is 1. The fraction of sp³-hybridized carbons (Fsp3) is 0.320. The zero-order chi connectivity index (χ0) is 27.2. The van der Waals surface area contributed by atoms with Gasteiger partial charge in [0.1, 0.15) is 5.82 Å². The van der Waals surface area contributed by atoms with Crippen molar-refractivity contribution in [1.29, 1.82) is 0 Å². The van der Waals surface area contributed by atoms with Crippen LogP contribution in [0.5, 0.6) is 0 Å². The number of aromatic amines is 1. The van der Waals surface area contributed by atoms with E-state index in [0.29, 0.717) is 37.2 Å². The molecular weight excluding hydrogens is 496 g/mol. The molecule has 1 amide bonds. The summed E-state index contributed by atoms with van der Waals surface area (Å²) in [5.41, 5.74) is 3.11. The Morgan fingerprint density at radius 3 is 2.46 bits per heavy atom. The number of halogens is 4. The highest BCUT2D eigenvalue weighted by molar-refractivity contribution is 5.95. The van der Waals surface area contributed by atoms with Gasteiger partial charge in [0, 0.05) is 43.4 Å². The first-order chi connectivity index (χ1) is 17.5. The van der Waals surface area contributed by atoms with Gasteiger partial charge in [-0.25, -0.2) is 14.3 Å². The third-order valence-corrected chi connectivity index (χ3v) is 5.86. The molecule has 1 aromatic carbocycles. The van der Waals surface area contributed by atoms with Crippen LogP contribution in [0.2, 0.25) is 0 Å². The Morgan fingerprint density at radius 2 is 1.84 bits per heavy atom. The van der Waals surface area contributed by atoms with Gasteiger partial charge in [-0.3, -0.25) is 14.6 Å². The topological polar surface area (TPSA) is 116 Å². The summed E-state index contributed by atoms with van der Waals surface area (Å²) < 4.78 is 46.2. The minimum absolute atomic E-state index is 0.0722. The predicted molar refractivity (Wildman–Crippen MR) is 125 cm³/mol. The van der Waals surface area contributed by atoms with Gasteiger partial charge in [0.25, 0.3) is 11.5 Å². The van der Waals surface area contributed by atoms with E-state index in [-0.39, 0.29) is 22.9 Å². The molecule has 0 spiro atoms. The van der Waals surface area contributed by atoms with Crippen molar-refractivity contribution >= 4 is 11.9 Å². The van der Waals surface area contributed by atoms with Crippen LogP contribution in [0.3, 0.4) is 0 Å². The Balaban J connectivity index is 0.000000479. The van der Waals surface area contributed by atoms with Gasteiger partial charge in [0.2, 0.25) is 0 Å². The minimum atomic E-state index is -5.08. The maximum absolute atomic E-state index is 14.5. The number of amides is 1. The molecule has 0 saturated carbocycles. The standard InChI is InChI=1S/C23H23FN4O2.C2HF3O2/c1-2-16-13-19(26-27-22(16)29)11-15-3-4-21(24)20(12-15)23(30)28-10-7-18(14-28)17-5-8-25-9-6-17;3-2(4,5)1(6)7/h3-6,8-9,12-13,18H,2,7,10-11,14H2,1H3,(H,27,29);(H,6,7). The van der Waals surface area contributed by atoms with Crippen molar-refractivity contribution < 1.29 is 32.3 Å².